The fourth-order valence-electron chi connectivity index (χ4n) is 1.59. The maximum atomic E-state index is 11.4. The average Bonchev–Trinajstić information content (AvgIpc) is 2.48. The second-order valence-corrected chi connectivity index (χ2v) is 4.15. The predicted molar refractivity (Wildman–Crippen MR) is 79.1 cm³/mol. The molecule has 0 aromatic heterocycles. The van der Waals surface area contributed by atoms with Crippen LogP contribution < -0.4 is 20.1 Å². The monoisotopic (exact) mass is 278 g/mol. The molecular formula is C15H22N2O3. The molecule has 0 heterocycles. The molecule has 0 spiro atoms. The van der Waals surface area contributed by atoms with Crippen LogP contribution in [0.1, 0.15) is 12.5 Å². The van der Waals surface area contributed by atoms with E-state index >= 15 is 0 Å². The lowest BCUT2D eigenvalue weighted by atomic mass is 10.2. The third kappa shape index (κ3) is 5.32. The summed E-state index contributed by atoms with van der Waals surface area (Å²) in [5, 5.41) is 5.89. The van der Waals surface area contributed by atoms with Crippen molar-refractivity contribution in [2.45, 2.75) is 13.5 Å². The number of nitrogens with one attached hydrogen (secondary N) is 2. The number of methoxy groups -OCH3 is 1. The summed E-state index contributed by atoms with van der Waals surface area (Å²) in [7, 11) is 1.58. The zero-order chi connectivity index (χ0) is 14.8. The van der Waals surface area contributed by atoms with Gasteiger partial charge >= 0.3 is 0 Å². The first-order valence-corrected chi connectivity index (χ1v) is 6.59. The molecule has 0 bridgehead atoms. The van der Waals surface area contributed by atoms with Crippen molar-refractivity contribution in [1.82, 2.24) is 10.6 Å². The minimum Gasteiger partial charge on any atom is -0.493 e. The van der Waals surface area contributed by atoms with Crippen LogP contribution in [0.15, 0.2) is 30.9 Å². The second kappa shape index (κ2) is 8.98. The van der Waals surface area contributed by atoms with Crippen LogP contribution in [0.5, 0.6) is 11.5 Å². The van der Waals surface area contributed by atoms with E-state index in [0.29, 0.717) is 18.0 Å². The van der Waals surface area contributed by atoms with Crippen LogP contribution in [-0.4, -0.2) is 32.7 Å². The normalized spacial score (nSPS) is 9.90. The Morgan fingerprint density at radius 3 is 2.85 bits per heavy atom. The minimum atomic E-state index is -0.191. The van der Waals surface area contributed by atoms with Crippen LogP contribution >= 0.6 is 0 Å². The molecule has 0 aliphatic heterocycles. The molecule has 5 heteroatoms. The highest BCUT2D eigenvalue weighted by atomic mass is 16.5. The van der Waals surface area contributed by atoms with Gasteiger partial charge < -0.3 is 20.1 Å². The molecular weight excluding hydrogens is 256 g/mol. The number of carbonyl (C=O) groups excluding carboxylic acids is 1. The number of ether oxygens (including phenoxy) is 2. The standard InChI is InChI=1S/C15H22N2O3/c1-4-8-17-15(18)11-20-13-7-6-12(10-16-5-2)9-14(13)19-3/h4,6-7,9,16H,1,5,8,10-11H2,2-3H3,(H,17,18). The smallest absolute Gasteiger partial charge is 0.258 e. The van der Waals surface area contributed by atoms with Gasteiger partial charge in [-0.05, 0) is 24.2 Å². The zero-order valence-electron chi connectivity index (χ0n) is 12.1. The van der Waals surface area contributed by atoms with Crippen LogP contribution in [0.3, 0.4) is 0 Å². The van der Waals surface area contributed by atoms with Gasteiger partial charge in [-0.1, -0.05) is 19.1 Å². The zero-order valence-corrected chi connectivity index (χ0v) is 12.1. The molecule has 0 saturated heterocycles. The van der Waals surface area contributed by atoms with Gasteiger partial charge in [0, 0.05) is 13.1 Å². The molecule has 2 N–H and O–H groups in total. The molecule has 5 nitrogen and oxygen atoms in total. The topological polar surface area (TPSA) is 59.6 Å². The Labute approximate surface area is 120 Å². The summed E-state index contributed by atoms with van der Waals surface area (Å²) in [5.74, 6) is 0.988. The lowest BCUT2D eigenvalue weighted by Gasteiger charge is -2.12. The number of benzene rings is 1. The lowest BCUT2D eigenvalue weighted by molar-refractivity contribution is -0.122. The summed E-state index contributed by atoms with van der Waals surface area (Å²) in [6.45, 7) is 7.65. The Morgan fingerprint density at radius 2 is 2.20 bits per heavy atom. The molecule has 0 aliphatic rings. The molecule has 1 aromatic carbocycles. The Bertz CT molecular complexity index is 447. The summed E-state index contributed by atoms with van der Waals surface area (Å²) >= 11 is 0. The highest BCUT2D eigenvalue weighted by Crippen LogP contribution is 2.27. The number of rotatable bonds is 9. The van der Waals surface area contributed by atoms with Crippen LogP contribution in [-0.2, 0) is 11.3 Å². The van der Waals surface area contributed by atoms with Crippen molar-refractivity contribution in [3.05, 3.63) is 36.4 Å². The molecule has 110 valence electrons. The number of carbonyl (C=O) groups is 1. The number of amides is 1. The molecule has 0 atom stereocenters. The van der Waals surface area contributed by atoms with Gasteiger partial charge in [0.1, 0.15) is 0 Å². The molecule has 1 aromatic rings. The minimum absolute atomic E-state index is 0.0449. The first-order chi connectivity index (χ1) is 9.71. The molecule has 0 radical (unpaired) electrons. The van der Waals surface area contributed by atoms with Crippen molar-refractivity contribution in [1.29, 1.82) is 0 Å². The van der Waals surface area contributed by atoms with Crippen molar-refractivity contribution >= 4 is 5.91 Å². The molecule has 0 unspecified atom stereocenters. The van der Waals surface area contributed by atoms with E-state index in [0.717, 1.165) is 18.7 Å². The van der Waals surface area contributed by atoms with Crippen LogP contribution in [0.4, 0.5) is 0 Å². The van der Waals surface area contributed by atoms with Gasteiger partial charge in [-0.2, -0.15) is 0 Å². The van der Waals surface area contributed by atoms with Crippen molar-refractivity contribution < 1.29 is 14.3 Å². The van der Waals surface area contributed by atoms with Gasteiger partial charge in [0.25, 0.3) is 5.91 Å². The maximum Gasteiger partial charge on any atom is 0.258 e. The van der Waals surface area contributed by atoms with E-state index in [9.17, 15) is 4.79 Å². The molecule has 0 fully saturated rings. The Kier molecular flexibility index (Phi) is 7.21. The quantitative estimate of drug-likeness (QED) is 0.672. The van der Waals surface area contributed by atoms with E-state index in [1.807, 2.05) is 18.2 Å². The van der Waals surface area contributed by atoms with E-state index < -0.39 is 0 Å². The summed E-state index contributed by atoms with van der Waals surface area (Å²) in [5.41, 5.74) is 1.10. The lowest BCUT2D eigenvalue weighted by Crippen LogP contribution is -2.28. The number of hydrogen-bond acceptors (Lipinski definition) is 4. The van der Waals surface area contributed by atoms with Crippen molar-refractivity contribution in [2.75, 3.05) is 26.8 Å². The molecule has 0 saturated carbocycles. The molecule has 1 amide bonds. The third-order valence-electron chi connectivity index (χ3n) is 2.61. The highest BCUT2D eigenvalue weighted by molar-refractivity contribution is 5.77. The Morgan fingerprint density at radius 1 is 1.40 bits per heavy atom. The van der Waals surface area contributed by atoms with Crippen molar-refractivity contribution in [3.8, 4) is 11.5 Å². The van der Waals surface area contributed by atoms with E-state index in [1.54, 1.807) is 13.2 Å². The van der Waals surface area contributed by atoms with Crippen molar-refractivity contribution in [3.63, 3.8) is 0 Å². The van der Waals surface area contributed by atoms with E-state index in [2.05, 4.69) is 24.1 Å². The SMILES string of the molecule is C=CCNC(=O)COc1ccc(CNCC)cc1OC. The maximum absolute atomic E-state index is 11.4. The molecule has 20 heavy (non-hydrogen) atoms. The van der Waals surface area contributed by atoms with Gasteiger partial charge in [-0.25, -0.2) is 0 Å². The van der Waals surface area contributed by atoms with Crippen molar-refractivity contribution in [2.24, 2.45) is 0 Å². The van der Waals surface area contributed by atoms with E-state index in [-0.39, 0.29) is 12.5 Å². The van der Waals surface area contributed by atoms with Crippen LogP contribution in [0.2, 0.25) is 0 Å². The fourth-order valence-corrected chi connectivity index (χ4v) is 1.59. The Balaban J connectivity index is 2.60. The van der Waals surface area contributed by atoms with Gasteiger partial charge in [-0.3, -0.25) is 4.79 Å². The van der Waals surface area contributed by atoms with Crippen LogP contribution in [0, 0.1) is 0 Å². The average molecular weight is 278 g/mol. The summed E-state index contributed by atoms with van der Waals surface area (Å²) in [6.07, 6.45) is 1.62. The molecule has 1 rings (SSSR count). The van der Waals surface area contributed by atoms with Gasteiger partial charge in [0.15, 0.2) is 18.1 Å². The van der Waals surface area contributed by atoms with Crippen LogP contribution in [0.25, 0.3) is 0 Å². The van der Waals surface area contributed by atoms with E-state index in [1.165, 1.54) is 0 Å². The van der Waals surface area contributed by atoms with E-state index in [4.69, 9.17) is 9.47 Å². The third-order valence-corrected chi connectivity index (χ3v) is 2.61. The van der Waals surface area contributed by atoms with Gasteiger partial charge in [-0.15, -0.1) is 6.58 Å². The van der Waals surface area contributed by atoms with Gasteiger partial charge in [0.05, 0.1) is 7.11 Å². The first-order valence-electron chi connectivity index (χ1n) is 6.59. The largest absolute Gasteiger partial charge is 0.493 e. The summed E-state index contributed by atoms with van der Waals surface area (Å²) in [6, 6.07) is 5.66. The van der Waals surface area contributed by atoms with Gasteiger partial charge in [0.2, 0.25) is 0 Å². The summed E-state index contributed by atoms with van der Waals surface area (Å²) < 4.78 is 10.7. The first kappa shape index (κ1) is 16.0. The Hall–Kier alpha value is -2.01. The summed E-state index contributed by atoms with van der Waals surface area (Å²) in [4.78, 5) is 11.4. The highest BCUT2D eigenvalue weighted by Gasteiger charge is 2.08. The fraction of sp³-hybridized carbons (Fsp3) is 0.400. The molecule has 0 aliphatic carbocycles. The predicted octanol–water partition coefficient (Wildman–Crippen LogP) is 1.49. The second-order valence-electron chi connectivity index (χ2n) is 4.15. The number of hydrogen-bond donors (Lipinski definition) is 2.